The third kappa shape index (κ3) is 7.44. The van der Waals surface area contributed by atoms with Gasteiger partial charge in [-0.15, -0.1) is 0 Å². The molecule has 29 heavy (non-hydrogen) atoms. The number of aliphatic hydroxyl groups is 1. The van der Waals surface area contributed by atoms with Crippen LogP contribution >= 0.6 is 11.6 Å². The van der Waals surface area contributed by atoms with Gasteiger partial charge in [-0.1, -0.05) is 41.9 Å². The largest absolute Gasteiger partial charge is 0.388 e. The van der Waals surface area contributed by atoms with Gasteiger partial charge in [-0.3, -0.25) is 4.79 Å². The maximum absolute atomic E-state index is 12.1. The molecule has 3 rings (SSSR count). The SMILES string of the molecule is O=C(CNC1CCN(CCCC(O)c2ccccc2)CC1)Nc1ccc(Cl)cc1. The van der Waals surface area contributed by atoms with Crippen LogP contribution in [0.3, 0.4) is 0 Å². The van der Waals surface area contributed by atoms with Crippen LogP contribution in [0, 0.1) is 0 Å². The van der Waals surface area contributed by atoms with Gasteiger partial charge in [0, 0.05) is 16.8 Å². The Hall–Kier alpha value is -1.92. The molecule has 1 aliphatic heterocycles. The molecule has 0 aliphatic carbocycles. The maximum Gasteiger partial charge on any atom is 0.238 e. The Morgan fingerprint density at radius 1 is 1.10 bits per heavy atom. The fourth-order valence-electron chi connectivity index (χ4n) is 3.69. The van der Waals surface area contributed by atoms with Crippen molar-refractivity contribution in [1.29, 1.82) is 0 Å². The molecular formula is C23H30ClN3O2. The second-order valence-corrected chi connectivity index (χ2v) is 8.06. The van der Waals surface area contributed by atoms with Crippen molar-refractivity contribution in [3.8, 4) is 0 Å². The van der Waals surface area contributed by atoms with Crippen molar-refractivity contribution < 1.29 is 9.90 Å². The molecule has 1 aliphatic rings. The average Bonchev–Trinajstić information content (AvgIpc) is 2.75. The zero-order chi connectivity index (χ0) is 20.5. The van der Waals surface area contributed by atoms with Gasteiger partial charge in [-0.2, -0.15) is 0 Å². The smallest absolute Gasteiger partial charge is 0.238 e. The number of hydrogen-bond acceptors (Lipinski definition) is 4. The van der Waals surface area contributed by atoms with Crippen LogP contribution in [0.1, 0.15) is 37.4 Å². The van der Waals surface area contributed by atoms with Gasteiger partial charge in [0.15, 0.2) is 0 Å². The van der Waals surface area contributed by atoms with Crippen LogP contribution in [0.25, 0.3) is 0 Å². The summed E-state index contributed by atoms with van der Waals surface area (Å²) >= 11 is 5.86. The van der Waals surface area contributed by atoms with Crippen LogP contribution in [-0.4, -0.2) is 48.1 Å². The Kier molecular flexibility index (Phi) is 8.50. The molecule has 3 N–H and O–H groups in total. The number of carbonyl (C=O) groups is 1. The first-order valence-electron chi connectivity index (χ1n) is 10.3. The van der Waals surface area contributed by atoms with E-state index in [2.05, 4.69) is 15.5 Å². The summed E-state index contributed by atoms with van der Waals surface area (Å²) in [6, 6.07) is 17.3. The second-order valence-electron chi connectivity index (χ2n) is 7.62. The number of benzene rings is 2. The molecule has 0 bridgehead atoms. The molecule has 0 saturated carbocycles. The highest BCUT2D eigenvalue weighted by Gasteiger charge is 2.19. The van der Waals surface area contributed by atoms with Gasteiger partial charge in [0.05, 0.1) is 12.6 Å². The number of nitrogens with one attached hydrogen (secondary N) is 2. The molecular weight excluding hydrogens is 386 g/mol. The van der Waals surface area contributed by atoms with Gasteiger partial charge >= 0.3 is 0 Å². The predicted molar refractivity (Wildman–Crippen MR) is 118 cm³/mol. The molecule has 156 valence electrons. The number of anilines is 1. The van der Waals surface area contributed by atoms with E-state index < -0.39 is 0 Å². The summed E-state index contributed by atoms with van der Waals surface area (Å²) in [5, 5.41) is 17.2. The van der Waals surface area contributed by atoms with Crippen molar-refractivity contribution in [3.63, 3.8) is 0 Å². The van der Waals surface area contributed by atoms with E-state index in [9.17, 15) is 9.90 Å². The molecule has 0 radical (unpaired) electrons. The lowest BCUT2D eigenvalue weighted by Crippen LogP contribution is -2.44. The zero-order valence-electron chi connectivity index (χ0n) is 16.7. The molecule has 1 fully saturated rings. The quantitative estimate of drug-likeness (QED) is 0.582. The minimum atomic E-state index is -0.380. The molecule has 5 nitrogen and oxygen atoms in total. The lowest BCUT2D eigenvalue weighted by atomic mass is 10.0. The van der Waals surface area contributed by atoms with Crippen molar-refractivity contribution in [2.75, 3.05) is 31.5 Å². The topological polar surface area (TPSA) is 64.6 Å². The predicted octanol–water partition coefficient (Wildman–Crippen LogP) is 3.85. The van der Waals surface area contributed by atoms with Crippen LogP contribution < -0.4 is 10.6 Å². The van der Waals surface area contributed by atoms with Gasteiger partial charge in [-0.05, 0) is 75.1 Å². The zero-order valence-corrected chi connectivity index (χ0v) is 17.4. The molecule has 1 unspecified atom stereocenters. The van der Waals surface area contributed by atoms with Gasteiger partial charge in [0.25, 0.3) is 0 Å². The number of likely N-dealkylation sites (tertiary alicyclic amines) is 1. The van der Waals surface area contributed by atoms with E-state index in [4.69, 9.17) is 11.6 Å². The van der Waals surface area contributed by atoms with E-state index in [1.807, 2.05) is 30.3 Å². The van der Waals surface area contributed by atoms with Crippen molar-refractivity contribution in [3.05, 3.63) is 65.2 Å². The number of hydrogen-bond donors (Lipinski definition) is 3. The highest BCUT2D eigenvalue weighted by molar-refractivity contribution is 6.30. The van der Waals surface area contributed by atoms with Crippen LogP contribution in [0.2, 0.25) is 5.02 Å². The molecule has 1 amide bonds. The average molecular weight is 416 g/mol. The standard InChI is InChI=1S/C23H30ClN3O2/c24-19-8-10-21(11-9-19)26-23(29)17-25-20-12-15-27(16-13-20)14-4-7-22(28)18-5-2-1-3-6-18/h1-3,5-6,8-11,20,22,25,28H,4,7,12-17H2,(H,26,29). The van der Waals surface area contributed by atoms with Crippen LogP contribution in [0.5, 0.6) is 0 Å². The van der Waals surface area contributed by atoms with Crippen LogP contribution in [-0.2, 0) is 4.79 Å². The molecule has 1 heterocycles. The maximum atomic E-state index is 12.1. The van der Waals surface area contributed by atoms with Crippen molar-refractivity contribution >= 4 is 23.2 Å². The fourth-order valence-corrected chi connectivity index (χ4v) is 3.81. The number of halogens is 1. The Labute approximate surface area is 178 Å². The first kappa shape index (κ1) is 21.8. The summed E-state index contributed by atoms with van der Waals surface area (Å²) in [4.78, 5) is 14.5. The number of rotatable bonds is 9. The Balaban J connectivity index is 1.28. The Morgan fingerprint density at radius 2 is 1.79 bits per heavy atom. The summed E-state index contributed by atoms with van der Waals surface area (Å²) in [6.07, 6.45) is 3.46. The number of carbonyl (C=O) groups excluding carboxylic acids is 1. The van der Waals surface area contributed by atoms with Crippen molar-refractivity contribution in [2.45, 2.75) is 37.8 Å². The Morgan fingerprint density at radius 3 is 2.48 bits per heavy atom. The minimum absolute atomic E-state index is 0.0374. The van der Waals surface area contributed by atoms with Crippen LogP contribution in [0.4, 0.5) is 5.69 Å². The molecule has 1 atom stereocenters. The van der Waals surface area contributed by atoms with Gasteiger partial charge in [0.1, 0.15) is 0 Å². The molecule has 2 aromatic rings. The third-order valence-electron chi connectivity index (χ3n) is 5.40. The lowest BCUT2D eigenvalue weighted by molar-refractivity contribution is -0.115. The summed E-state index contributed by atoms with van der Waals surface area (Å²) < 4.78 is 0. The molecule has 6 heteroatoms. The molecule has 2 aromatic carbocycles. The molecule has 1 saturated heterocycles. The Bertz CT molecular complexity index is 746. The third-order valence-corrected chi connectivity index (χ3v) is 5.66. The number of nitrogens with zero attached hydrogens (tertiary/aromatic N) is 1. The summed E-state index contributed by atoms with van der Waals surface area (Å²) in [5.41, 5.74) is 1.75. The van der Waals surface area contributed by atoms with Gasteiger partial charge in [0.2, 0.25) is 5.91 Å². The monoisotopic (exact) mass is 415 g/mol. The summed E-state index contributed by atoms with van der Waals surface area (Å²) in [7, 11) is 0. The number of amides is 1. The highest BCUT2D eigenvalue weighted by atomic mass is 35.5. The first-order valence-corrected chi connectivity index (χ1v) is 10.7. The summed E-state index contributed by atoms with van der Waals surface area (Å²) in [5.74, 6) is -0.0374. The lowest BCUT2D eigenvalue weighted by Gasteiger charge is -2.32. The van der Waals surface area contributed by atoms with E-state index >= 15 is 0 Å². The first-order chi connectivity index (χ1) is 14.1. The van der Waals surface area contributed by atoms with E-state index in [1.54, 1.807) is 24.3 Å². The van der Waals surface area contributed by atoms with E-state index in [1.165, 1.54) is 0 Å². The molecule has 0 spiro atoms. The second kappa shape index (κ2) is 11.3. The number of aliphatic hydroxyl groups excluding tert-OH is 1. The normalized spacial score (nSPS) is 16.5. The van der Waals surface area contributed by atoms with Gasteiger partial charge < -0.3 is 20.6 Å². The van der Waals surface area contributed by atoms with Crippen LogP contribution in [0.15, 0.2) is 54.6 Å². The van der Waals surface area contributed by atoms with Crippen molar-refractivity contribution in [1.82, 2.24) is 10.2 Å². The van der Waals surface area contributed by atoms with Crippen molar-refractivity contribution in [2.24, 2.45) is 0 Å². The summed E-state index contributed by atoms with van der Waals surface area (Å²) in [6.45, 7) is 3.38. The minimum Gasteiger partial charge on any atom is -0.388 e. The van der Waals surface area contributed by atoms with E-state index in [-0.39, 0.29) is 12.0 Å². The van der Waals surface area contributed by atoms with E-state index in [0.717, 1.165) is 56.6 Å². The van der Waals surface area contributed by atoms with E-state index in [0.29, 0.717) is 17.6 Å². The fraction of sp³-hybridized carbons (Fsp3) is 0.435. The highest BCUT2D eigenvalue weighted by Crippen LogP contribution is 2.19. The van der Waals surface area contributed by atoms with Gasteiger partial charge in [-0.25, -0.2) is 0 Å². The molecule has 0 aromatic heterocycles. The number of piperidine rings is 1.